The van der Waals surface area contributed by atoms with Gasteiger partial charge in [-0.2, -0.15) is 9.49 Å². The van der Waals surface area contributed by atoms with Gasteiger partial charge in [-0.1, -0.05) is 0 Å². The number of nitrogens with zero attached hydrogens (tertiary/aromatic N) is 2. The van der Waals surface area contributed by atoms with Crippen LogP contribution in [-0.2, 0) is 0 Å². The minimum Gasteiger partial charge on any atom is -0.270 e. The van der Waals surface area contributed by atoms with Crippen molar-refractivity contribution in [3.63, 3.8) is 0 Å². The maximum absolute atomic E-state index is 13.2. The molecule has 2 heterocycles. The third-order valence-corrected chi connectivity index (χ3v) is 2.95. The summed E-state index contributed by atoms with van der Waals surface area (Å²) in [5.41, 5.74) is 0.482. The van der Waals surface area contributed by atoms with Crippen LogP contribution in [0.4, 0.5) is 8.78 Å². The van der Waals surface area contributed by atoms with Gasteiger partial charge in [0.05, 0.1) is 4.88 Å². The summed E-state index contributed by atoms with van der Waals surface area (Å²) in [4.78, 5) is 0.256. The lowest BCUT2D eigenvalue weighted by molar-refractivity contribution is 0.533. The molecule has 0 amide bonds. The Bertz CT molecular complexity index is 473. The highest BCUT2D eigenvalue weighted by molar-refractivity contribution is 7.13. The standard InChI is InChI=1S/C10H10F2N2S/c1-6(2)14-4-3-8(13-14)10-7(11)5-9(12)15-10/h3-6H,1-2H3. The van der Waals surface area contributed by atoms with Gasteiger partial charge in [0.1, 0.15) is 11.5 Å². The van der Waals surface area contributed by atoms with E-state index in [2.05, 4.69) is 5.10 Å². The van der Waals surface area contributed by atoms with Crippen molar-refractivity contribution < 1.29 is 8.78 Å². The predicted molar refractivity (Wildman–Crippen MR) is 55.8 cm³/mol. The average Bonchev–Trinajstić information content (AvgIpc) is 2.71. The zero-order chi connectivity index (χ0) is 11.0. The van der Waals surface area contributed by atoms with Gasteiger partial charge in [-0.15, -0.1) is 11.3 Å². The molecule has 2 aromatic rings. The van der Waals surface area contributed by atoms with Crippen LogP contribution >= 0.6 is 11.3 Å². The highest BCUT2D eigenvalue weighted by Gasteiger charge is 2.13. The number of rotatable bonds is 2. The van der Waals surface area contributed by atoms with Crippen LogP contribution in [0.1, 0.15) is 19.9 Å². The van der Waals surface area contributed by atoms with E-state index in [-0.39, 0.29) is 10.9 Å². The van der Waals surface area contributed by atoms with E-state index in [0.29, 0.717) is 5.69 Å². The van der Waals surface area contributed by atoms with Crippen LogP contribution in [0.15, 0.2) is 18.3 Å². The van der Waals surface area contributed by atoms with Gasteiger partial charge in [-0.25, -0.2) is 4.39 Å². The van der Waals surface area contributed by atoms with Gasteiger partial charge in [0, 0.05) is 18.3 Å². The van der Waals surface area contributed by atoms with Crippen LogP contribution in [0.25, 0.3) is 10.6 Å². The molecule has 2 nitrogen and oxygen atoms in total. The topological polar surface area (TPSA) is 17.8 Å². The molecule has 0 aromatic carbocycles. The lowest BCUT2D eigenvalue weighted by Crippen LogP contribution is -2.00. The summed E-state index contributed by atoms with van der Waals surface area (Å²) in [5, 5.41) is 3.65. The zero-order valence-corrected chi connectivity index (χ0v) is 9.18. The second-order valence-corrected chi connectivity index (χ2v) is 4.50. The van der Waals surface area contributed by atoms with E-state index < -0.39 is 10.9 Å². The summed E-state index contributed by atoms with van der Waals surface area (Å²) in [6, 6.07) is 2.79. The first-order chi connectivity index (χ1) is 7.08. The number of thiophene rings is 1. The molecule has 0 atom stereocenters. The molecule has 0 aliphatic carbocycles. The second kappa shape index (κ2) is 3.73. The van der Waals surface area contributed by atoms with Crippen LogP contribution in [0.2, 0.25) is 0 Å². The van der Waals surface area contributed by atoms with Crippen LogP contribution in [0, 0.1) is 10.9 Å². The van der Waals surface area contributed by atoms with Crippen LogP contribution in [0.3, 0.4) is 0 Å². The molecule has 2 rings (SSSR count). The van der Waals surface area contributed by atoms with E-state index in [4.69, 9.17) is 0 Å². The molecule has 0 N–H and O–H groups in total. The van der Waals surface area contributed by atoms with Gasteiger partial charge < -0.3 is 0 Å². The van der Waals surface area contributed by atoms with Gasteiger partial charge in [-0.05, 0) is 19.9 Å². The summed E-state index contributed by atoms with van der Waals surface area (Å²) < 4.78 is 27.7. The molecular formula is C10H10F2N2S. The lowest BCUT2D eigenvalue weighted by atomic mass is 10.3. The molecule has 0 unspecified atom stereocenters. The number of aromatic nitrogens is 2. The molecule has 0 radical (unpaired) electrons. The van der Waals surface area contributed by atoms with Gasteiger partial charge in [0.2, 0.25) is 0 Å². The summed E-state index contributed by atoms with van der Waals surface area (Å²) in [7, 11) is 0. The Balaban J connectivity index is 2.41. The van der Waals surface area contributed by atoms with Gasteiger partial charge in [-0.3, -0.25) is 4.68 Å². The Morgan fingerprint density at radius 3 is 2.60 bits per heavy atom. The smallest absolute Gasteiger partial charge is 0.180 e. The zero-order valence-electron chi connectivity index (χ0n) is 8.37. The fraction of sp³-hybridized carbons (Fsp3) is 0.300. The molecular weight excluding hydrogens is 218 g/mol. The molecule has 0 bridgehead atoms. The van der Waals surface area contributed by atoms with Crippen LogP contribution < -0.4 is 0 Å². The lowest BCUT2D eigenvalue weighted by Gasteiger charge is -2.03. The average molecular weight is 228 g/mol. The van der Waals surface area contributed by atoms with E-state index in [1.54, 1.807) is 16.9 Å². The number of hydrogen-bond donors (Lipinski definition) is 0. The largest absolute Gasteiger partial charge is 0.270 e. The molecule has 0 spiro atoms. The van der Waals surface area contributed by atoms with Gasteiger partial charge in [0.25, 0.3) is 0 Å². The quantitative estimate of drug-likeness (QED) is 0.769. The predicted octanol–water partition coefficient (Wildman–Crippen LogP) is 3.47. The van der Waals surface area contributed by atoms with E-state index in [9.17, 15) is 8.78 Å². The molecule has 0 aliphatic rings. The first-order valence-corrected chi connectivity index (χ1v) is 5.40. The molecule has 0 saturated heterocycles. The summed E-state index contributed by atoms with van der Waals surface area (Å²) in [5.74, 6) is -0.550. The maximum Gasteiger partial charge on any atom is 0.180 e. The SMILES string of the molecule is CC(C)n1ccc(-c2sc(F)cc2F)n1. The minimum atomic E-state index is -0.550. The van der Waals surface area contributed by atoms with Crippen molar-refractivity contribution in [1.82, 2.24) is 9.78 Å². The van der Waals surface area contributed by atoms with E-state index in [1.807, 2.05) is 13.8 Å². The molecule has 0 saturated carbocycles. The highest BCUT2D eigenvalue weighted by atomic mass is 32.1. The molecule has 0 fully saturated rings. The summed E-state index contributed by atoms with van der Waals surface area (Å²) in [6.07, 6.45) is 1.76. The molecule has 5 heteroatoms. The number of hydrogen-bond acceptors (Lipinski definition) is 2. The fourth-order valence-corrected chi connectivity index (χ4v) is 1.99. The van der Waals surface area contributed by atoms with E-state index >= 15 is 0 Å². The van der Waals surface area contributed by atoms with Crippen molar-refractivity contribution in [2.45, 2.75) is 19.9 Å². The van der Waals surface area contributed by atoms with E-state index in [0.717, 1.165) is 17.4 Å². The molecule has 2 aromatic heterocycles. The van der Waals surface area contributed by atoms with Crippen LogP contribution in [0.5, 0.6) is 0 Å². The van der Waals surface area contributed by atoms with Crippen molar-refractivity contribution in [3.05, 3.63) is 29.3 Å². The van der Waals surface area contributed by atoms with Crippen molar-refractivity contribution in [2.75, 3.05) is 0 Å². The second-order valence-electron chi connectivity index (χ2n) is 3.50. The van der Waals surface area contributed by atoms with Crippen molar-refractivity contribution in [3.8, 4) is 10.6 Å². The normalized spacial score (nSPS) is 11.3. The Hall–Kier alpha value is -1.23. The maximum atomic E-state index is 13.2. The summed E-state index contributed by atoms with van der Waals surface area (Å²) in [6.45, 7) is 3.95. The molecule has 15 heavy (non-hydrogen) atoms. The van der Waals surface area contributed by atoms with E-state index in [1.165, 1.54) is 0 Å². The Labute approximate surface area is 90.2 Å². The Morgan fingerprint density at radius 2 is 2.13 bits per heavy atom. The first-order valence-electron chi connectivity index (χ1n) is 4.58. The Kier molecular flexibility index (Phi) is 2.56. The van der Waals surface area contributed by atoms with Crippen molar-refractivity contribution in [1.29, 1.82) is 0 Å². The highest BCUT2D eigenvalue weighted by Crippen LogP contribution is 2.29. The van der Waals surface area contributed by atoms with Gasteiger partial charge in [0.15, 0.2) is 5.13 Å². The van der Waals surface area contributed by atoms with Crippen LogP contribution in [-0.4, -0.2) is 9.78 Å². The fourth-order valence-electron chi connectivity index (χ4n) is 1.26. The number of halogens is 2. The van der Waals surface area contributed by atoms with Crippen molar-refractivity contribution >= 4 is 11.3 Å². The molecule has 0 aliphatic heterocycles. The first kappa shape index (κ1) is 10.3. The minimum absolute atomic E-state index is 0.214. The Morgan fingerprint density at radius 1 is 1.40 bits per heavy atom. The van der Waals surface area contributed by atoms with Crippen molar-refractivity contribution in [2.24, 2.45) is 0 Å². The third-order valence-electron chi connectivity index (χ3n) is 2.03. The van der Waals surface area contributed by atoms with Gasteiger partial charge >= 0.3 is 0 Å². The monoisotopic (exact) mass is 228 g/mol. The summed E-state index contributed by atoms with van der Waals surface area (Å²) >= 11 is 0.775. The molecule has 80 valence electrons. The third kappa shape index (κ3) is 1.92.